The molecular formula is C13H18N4. The highest BCUT2D eigenvalue weighted by Crippen LogP contribution is 2.30. The van der Waals surface area contributed by atoms with Crippen LogP contribution in [-0.4, -0.2) is 16.0 Å². The molecule has 1 saturated carbocycles. The van der Waals surface area contributed by atoms with E-state index in [2.05, 4.69) is 35.2 Å². The molecule has 0 spiro atoms. The third-order valence-corrected chi connectivity index (χ3v) is 3.32. The van der Waals surface area contributed by atoms with Crippen molar-refractivity contribution in [2.45, 2.75) is 39.2 Å². The highest BCUT2D eigenvalue weighted by molar-refractivity contribution is 5.47. The molecule has 2 unspecified atom stereocenters. The van der Waals surface area contributed by atoms with E-state index in [1.807, 2.05) is 0 Å². The molecule has 0 radical (unpaired) electrons. The van der Waals surface area contributed by atoms with E-state index in [0.29, 0.717) is 17.6 Å². The van der Waals surface area contributed by atoms with E-state index >= 15 is 0 Å². The van der Waals surface area contributed by atoms with Gasteiger partial charge in [-0.1, -0.05) is 13.8 Å². The maximum atomic E-state index is 8.96. The summed E-state index contributed by atoms with van der Waals surface area (Å²) in [5, 5.41) is 12.3. The van der Waals surface area contributed by atoms with Crippen molar-refractivity contribution in [1.29, 1.82) is 5.26 Å². The molecule has 0 amide bonds. The Bertz CT molecular complexity index is 414. The fourth-order valence-corrected chi connectivity index (χ4v) is 2.78. The second-order valence-corrected chi connectivity index (χ2v) is 5.12. The smallest absolute Gasteiger partial charge is 0.182 e. The van der Waals surface area contributed by atoms with Gasteiger partial charge in [-0.15, -0.1) is 0 Å². The lowest BCUT2D eigenvalue weighted by Gasteiger charge is -2.32. The fraction of sp³-hybridized carbons (Fsp3) is 0.615. The van der Waals surface area contributed by atoms with Crippen LogP contribution in [0.5, 0.6) is 0 Å². The first kappa shape index (κ1) is 11.8. The highest BCUT2D eigenvalue weighted by Gasteiger charge is 2.24. The number of aromatic nitrogens is 2. The first-order valence-corrected chi connectivity index (χ1v) is 6.16. The fourth-order valence-electron chi connectivity index (χ4n) is 2.78. The molecule has 17 heavy (non-hydrogen) atoms. The zero-order valence-electron chi connectivity index (χ0n) is 10.3. The predicted molar refractivity (Wildman–Crippen MR) is 66.3 cm³/mol. The number of anilines is 1. The van der Waals surface area contributed by atoms with Gasteiger partial charge in [0.05, 0.1) is 0 Å². The standard InChI is InChI=1S/C13H18N4/c1-9-5-10(2)7-11(6-9)17-13-12(8-14)15-3-4-16-13/h3-4,9-11H,5-7H2,1-2H3,(H,16,17). The minimum atomic E-state index is 0.387. The van der Waals surface area contributed by atoms with Gasteiger partial charge >= 0.3 is 0 Å². The topological polar surface area (TPSA) is 61.6 Å². The maximum absolute atomic E-state index is 8.96. The summed E-state index contributed by atoms with van der Waals surface area (Å²) in [5.41, 5.74) is 0.387. The monoisotopic (exact) mass is 230 g/mol. The molecule has 1 fully saturated rings. The third-order valence-electron chi connectivity index (χ3n) is 3.32. The molecule has 1 heterocycles. The average Bonchev–Trinajstić information content (AvgIpc) is 2.28. The number of nitrogens with one attached hydrogen (secondary N) is 1. The largest absolute Gasteiger partial charge is 0.365 e. The van der Waals surface area contributed by atoms with Gasteiger partial charge in [0.1, 0.15) is 6.07 Å². The zero-order chi connectivity index (χ0) is 12.3. The number of nitrogens with zero attached hydrogens (tertiary/aromatic N) is 3. The molecule has 1 aliphatic carbocycles. The summed E-state index contributed by atoms with van der Waals surface area (Å²) >= 11 is 0. The van der Waals surface area contributed by atoms with Crippen molar-refractivity contribution in [3.05, 3.63) is 18.1 Å². The molecule has 1 aromatic rings. The molecule has 1 aromatic heterocycles. The molecule has 1 aliphatic rings. The quantitative estimate of drug-likeness (QED) is 0.848. The normalized spacial score (nSPS) is 28.4. The van der Waals surface area contributed by atoms with E-state index in [1.54, 1.807) is 12.4 Å². The van der Waals surface area contributed by atoms with Crippen molar-refractivity contribution in [2.24, 2.45) is 11.8 Å². The van der Waals surface area contributed by atoms with Gasteiger partial charge in [0, 0.05) is 18.4 Å². The number of nitriles is 1. The van der Waals surface area contributed by atoms with E-state index in [1.165, 1.54) is 6.42 Å². The van der Waals surface area contributed by atoms with E-state index in [9.17, 15) is 0 Å². The van der Waals surface area contributed by atoms with Crippen molar-refractivity contribution in [3.63, 3.8) is 0 Å². The lowest BCUT2D eigenvalue weighted by molar-refractivity contribution is 0.280. The van der Waals surface area contributed by atoms with Gasteiger partial charge in [-0.05, 0) is 31.1 Å². The van der Waals surface area contributed by atoms with Crippen LogP contribution in [-0.2, 0) is 0 Å². The molecule has 0 aliphatic heterocycles. The van der Waals surface area contributed by atoms with Gasteiger partial charge in [0.25, 0.3) is 0 Å². The Morgan fingerprint density at radius 2 is 1.82 bits per heavy atom. The van der Waals surface area contributed by atoms with Crippen LogP contribution in [0.1, 0.15) is 38.8 Å². The Balaban J connectivity index is 2.08. The predicted octanol–water partition coefficient (Wildman–Crippen LogP) is 2.58. The van der Waals surface area contributed by atoms with Gasteiger partial charge in [-0.2, -0.15) is 5.26 Å². The summed E-state index contributed by atoms with van der Waals surface area (Å²) in [4.78, 5) is 8.21. The Labute approximate surface area is 102 Å². The first-order valence-electron chi connectivity index (χ1n) is 6.16. The molecular weight excluding hydrogens is 212 g/mol. The van der Waals surface area contributed by atoms with Crippen LogP contribution in [0, 0.1) is 23.2 Å². The van der Waals surface area contributed by atoms with E-state index < -0.39 is 0 Å². The zero-order valence-corrected chi connectivity index (χ0v) is 10.3. The molecule has 4 heteroatoms. The van der Waals surface area contributed by atoms with Crippen molar-refractivity contribution < 1.29 is 0 Å². The van der Waals surface area contributed by atoms with Crippen molar-refractivity contribution in [3.8, 4) is 6.07 Å². The van der Waals surface area contributed by atoms with Gasteiger partial charge in [-0.25, -0.2) is 9.97 Å². The van der Waals surface area contributed by atoms with Gasteiger partial charge in [0.2, 0.25) is 0 Å². The second kappa shape index (κ2) is 5.13. The van der Waals surface area contributed by atoms with Crippen LogP contribution in [0.2, 0.25) is 0 Å². The van der Waals surface area contributed by atoms with Crippen LogP contribution < -0.4 is 5.32 Å². The SMILES string of the molecule is CC1CC(C)CC(Nc2nccnc2C#N)C1. The first-order chi connectivity index (χ1) is 8.19. The lowest BCUT2D eigenvalue weighted by atomic mass is 9.80. The van der Waals surface area contributed by atoms with E-state index in [-0.39, 0.29) is 0 Å². The summed E-state index contributed by atoms with van der Waals surface area (Å²) in [5.74, 6) is 2.10. The van der Waals surface area contributed by atoms with E-state index in [4.69, 9.17) is 5.26 Å². The van der Waals surface area contributed by atoms with Crippen molar-refractivity contribution >= 4 is 5.82 Å². The minimum absolute atomic E-state index is 0.387. The van der Waals surface area contributed by atoms with Gasteiger partial charge in [0.15, 0.2) is 11.5 Å². The molecule has 4 nitrogen and oxygen atoms in total. The number of rotatable bonds is 2. The van der Waals surface area contributed by atoms with Crippen LogP contribution in [0.15, 0.2) is 12.4 Å². The van der Waals surface area contributed by atoms with Gasteiger partial charge in [-0.3, -0.25) is 0 Å². The Hall–Kier alpha value is -1.63. The van der Waals surface area contributed by atoms with E-state index in [0.717, 1.165) is 24.7 Å². The average molecular weight is 230 g/mol. The summed E-state index contributed by atoms with van der Waals surface area (Å²) in [7, 11) is 0. The Morgan fingerprint density at radius 1 is 1.18 bits per heavy atom. The van der Waals surface area contributed by atoms with Crippen molar-refractivity contribution in [1.82, 2.24) is 9.97 Å². The summed E-state index contributed by atoms with van der Waals surface area (Å²) < 4.78 is 0. The molecule has 0 saturated heterocycles. The Kier molecular flexibility index (Phi) is 3.58. The summed E-state index contributed by atoms with van der Waals surface area (Å²) in [6, 6.07) is 2.49. The highest BCUT2D eigenvalue weighted by atomic mass is 15.0. The van der Waals surface area contributed by atoms with Crippen molar-refractivity contribution in [2.75, 3.05) is 5.32 Å². The minimum Gasteiger partial charge on any atom is -0.365 e. The van der Waals surface area contributed by atoms with Crippen LogP contribution >= 0.6 is 0 Å². The van der Waals surface area contributed by atoms with Crippen LogP contribution in [0.3, 0.4) is 0 Å². The molecule has 2 rings (SSSR count). The summed E-state index contributed by atoms with van der Waals surface area (Å²) in [6.07, 6.45) is 6.76. The summed E-state index contributed by atoms with van der Waals surface area (Å²) in [6.45, 7) is 4.57. The van der Waals surface area contributed by atoms with Gasteiger partial charge < -0.3 is 5.32 Å². The maximum Gasteiger partial charge on any atom is 0.182 e. The number of hydrogen-bond donors (Lipinski definition) is 1. The second-order valence-electron chi connectivity index (χ2n) is 5.12. The lowest BCUT2D eigenvalue weighted by Crippen LogP contribution is -2.30. The number of hydrogen-bond acceptors (Lipinski definition) is 4. The molecule has 90 valence electrons. The Morgan fingerprint density at radius 3 is 2.47 bits per heavy atom. The molecule has 2 atom stereocenters. The molecule has 1 N–H and O–H groups in total. The molecule has 0 aromatic carbocycles. The van der Waals surface area contributed by atoms with Crippen LogP contribution in [0.25, 0.3) is 0 Å². The van der Waals surface area contributed by atoms with Crippen LogP contribution in [0.4, 0.5) is 5.82 Å². The third kappa shape index (κ3) is 2.94. The molecule has 0 bridgehead atoms.